The third kappa shape index (κ3) is 2.72. The quantitative estimate of drug-likeness (QED) is 0.908. The van der Waals surface area contributed by atoms with Crippen molar-refractivity contribution in [2.24, 2.45) is 5.92 Å². The molecule has 2 aromatic heterocycles. The lowest BCUT2D eigenvalue weighted by Gasteiger charge is -2.33. The van der Waals surface area contributed by atoms with E-state index in [1.54, 1.807) is 12.3 Å². The van der Waals surface area contributed by atoms with Gasteiger partial charge in [0.25, 0.3) is 5.91 Å². The topological polar surface area (TPSA) is 84.0 Å². The first-order valence-corrected chi connectivity index (χ1v) is 7.95. The highest BCUT2D eigenvalue weighted by Gasteiger charge is 2.42. The number of aryl methyl sites for hydroxylation is 1. The van der Waals surface area contributed by atoms with Crippen LogP contribution in [-0.4, -0.2) is 50.2 Å². The molecule has 0 aliphatic carbocycles. The van der Waals surface area contributed by atoms with Crippen LogP contribution in [0, 0.1) is 12.8 Å². The van der Waals surface area contributed by atoms with E-state index < -0.39 is 0 Å². The van der Waals surface area contributed by atoms with Crippen LogP contribution in [-0.2, 0) is 4.74 Å². The lowest BCUT2D eigenvalue weighted by atomic mass is 9.91. The lowest BCUT2D eigenvalue weighted by Crippen LogP contribution is -2.45. The van der Waals surface area contributed by atoms with E-state index in [2.05, 4.69) is 20.2 Å². The third-order valence-corrected chi connectivity index (χ3v) is 4.63. The maximum absolute atomic E-state index is 12.5. The molecule has 1 N–H and O–H groups in total. The Labute approximate surface area is 134 Å². The Hall–Kier alpha value is -2.28. The van der Waals surface area contributed by atoms with E-state index in [1.165, 1.54) is 0 Å². The number of fused-ring (bicyclic) bond motifs is 1. The fraction of sp³-hybridized carbons (Fsp3) is 0.500. The number of amides is 1. The van der Waals surface area contributed by atoms with Crippen molar-refractivity contribution in [3.05, 3.63) is 41.7 Å². The van der Waals surface area contributed by atoms with Crippen molar-refractivity contribution < 1.29 is 9.53 Å². The zero-order chi connectivity index (χ0) is 15.8. The van der Waals surface area contributed by atoms with E-state index in [4.69, 9.17) is 4.74 Å². The van der Waals surface area contributed by atoms with E-state index in [0.717, 1.165) is 31.0 Å². The number of H-pyrrole nitrogens is 1. The maximum Gasteiger partial charge on any atom is 0.272 e. The molecule has 3 atom stereocenters. The van der Waals surface area contributed by atoms with Gasteiger partial charge in [-0.15, -0.1) is 0 Å². The summed E-state index contributed by atoms with van der Waals surface area (Å²) in [6.45, 7) is 3.24. The zero-order valence-electron chi connectivity index (χ0n) is 13.0. The molecule has 1 amide bonds. The molecule has 0 saturated carbocycles. The SMILES string of the molecule is Cc1nc([C@H]2C[C@@H]3CCN(C(=O)c4ccccn4)C[C@H]3O2)n[nH]1. The first-order valence-electron chi connectivity index (χ1n) is 7.95. The molecule has 2 saturated heterocycles. The lowest BCUT2D eigenvalue weighted by molar-refractivity contribution is -0.00698. The number of hydrogen-bond acceptors (Lipinski definition) is 5. The van der Waals surface area contributed by atoms with E-state index in [0.29, 0.717) is 18.2 Å². The van der Waals surface area contributed by atoms with E-state index in [9.17, 15) is 4.79 Å². The monoisotopic (exact) mass is 313 g/mol. The van der Waals surface area contributed by atoms with E-state index >= 15 is 0 Å². The van der Waals surface area contributed by atoms with Gasteiger partial charge in [-0.3, -0.25) is 14.9 Å². The van der Waals surface area contributed by atoms with Crippen molar-refractivity contribution in [2.75, 3.05) is 13.1 Å². The van der Waals surface area contributed by atoms with Gasteiger partial charge in [0.05, 0.1) is 6.10 Å². The number of carbonyl (C=O) groups is 1. The summed E-state index contributed by atoms with van der Waals surface area (Å²) in [6.07, 6.45) is 3.50. The minimum Gasteiger partial charge on any atom is -0.365 e. The van der Waals surface area contributed by atoms with Crippen LogP contribution in [0.25, 0.3) is 0 Å². The fourth-order valence-corrected chi connectivity index (χ4v) is 3.44. The molecule has 4 rings (SSSR count). The second kappa shape index (κ2) is 5.73. The van der Waals surface area contributed by atoms with Crippen molar-refractivity contribution >= 4 is 5.91 Å². The number of ether oxygens (including phenoxy) is 1. The van der Waals surface area contributed by atoms with Gasteiger partial charge < -0.3 is 9.64 Å². The number of hydrogen-bond donors (Lipinski definition) is 1. The Kier molecular flexibility index (Phi) is 3.57. The van der Waals surface area contributed by atoms with E-state index in [-0.39, 0.29) is 18.1 Å². The molecule has 7 nitrogen and oxygen atoms in total. The number of likely N-dealkylation sites (tertiary alicyclic amines) is 1. The van der Waals surface area contributed by atoms with Crippen LogP contribution in [0.1, 0.15) is 41.1 Å². The predicted octanol–water partition coefficient (Wildman–Crippen LogP) is 1.50. The first kappa shape index (κ1) is 14.3. The smallest absolute Gasteiger partial charge is 0.272 e. The van der Waals surface area contributed by atoms with Gasteiger partial charge in [-0.2, -0.15) is 5.10 Å². The second-order valence-corrected chi connectivity index (χ2v) is 6.19. The highest BCUT2D eigenvalue weighted by molar-refractivity contribution is 5.92. The molecule has 2 aliphatic heterocycles. The summed E-state index contributed by atoms with van der Waals surface area (Å²) < 4.78 is 6.12. The molecule has 2 aromatic rings. The number of nitrogens with zero attached hydrogens (tertiary/aromatic N) is 4. The number of nitrogens with one attached hydrogen (secondary N) is 1. The van der Waals surface area contributed by atoms with Crippen LogP contribution < -0.4 is 0 Å². The predicted molar refractivity (Wildman–Crippen MR) is 81.6 cm³/mol. The molecular formula is C16H19N5O2. The molecule has 120 valence electrons. The molecule has 4 heterocycles. The molecule has 0 unspecified atom stereocenters. The van der Waals surface area contributed by atoms with Crippen molar-refractivity contribution in [2.45, 2.75) is 32.0 Å². The molecule has 0 bridgehead atoms. The second-order valence-electron chi connectivity index (χ2n) is 6.19. The third-order valence-electron chi connectivity index (χ3n) is 4.63. The normalized spacial score (nSPS) is 27.0. The summed E-state index contributed by atoms with van der Waals surface area (Å²) in [4.78, 5) is 22.9. The van der Waals surface area contributed by atoms with Crippen LogP contribution in [0.4, 0.5) is 0 Å². The summed E-state index contributed by atoms with van der Waals surface area (Å²) in [7, 11) is 0. The summed E-state index contributed by atoms with van der Waals surface area (Å²) in [5.41, 5.74) is 0.491. The average Bonchev–Trinajstić information content (AvgIpc) is 3.20. The minimum absolute atomic E-state index is 0.0233. The van der Waals surface area contributed by atoms with Gasteiger partial charge in [-0.25, -0.2) is 4.98 Å². The zero-order valence-corrected chi connectivity index (χ0v) is 13.0. The summed E-state index contributed by atoms with van der Waals surface area (Å²) in [6, 6.07) is 5.40. The number of rotatable bonds is 2. The van der Waals surface area contributed by atoms with E-state index in [1.807, 2.05) is 24.0 Å². The highest BCUT2D eigenvalue weighted by atomic mass is 16.5. The van der Waals surface area contributed by atoms with Crippen LogP contribution in [0.15, 0.2) is 24.4 Å². The molecule has 0 spiro atoms. The summed E-state index contributed by atoms with van der Waals surface area (Å²) >= 11 is 0. The Morgan fingerprint density at radius 1 is 1.43 bits per heavy atom. The summed E-state index contributed by atoms with van der Waals surface area (Å²) in [5, 5.41) is 7.07. The van der Waals surface area contributed by atoms with Crippen molar-refractivity contribution in [3.63, 3.8) is 0 Å². The van der Waals surface area contributed by atoms with Crippen LogP contribution in [0.3, 0.4) is 0 Å². The summed E-state index contributed by atoms with van der Waals surface area (Å²) in [5.74, 6) is 1.96. The van der Waals surface area contributed by atoms with Crippen molar-refractivity contribution in [3.8, 4) is 0 Å². The molecular weight excluding hydrogens is 294 g/mol. The molecule has 0 radical (unpaired) electrons. The first-order chi connectivity index (χ1) is 11.2. The number of pyridine rings is 1. The Morgan fingerprint density at radius 3 is 3.09 bits per heavy atom. The van der Waals surface area contributed by atoms with Crippen LogP contribution in [0.2, 0.25) is 0 Å². The van der Waals surface area contributed by atoms with Gasteiger partial charge in [-0.05, 0) is 37.8 Å². The molecule has 7 heteroatoms. The van der Waals surface area contributed by atoms with Gasteiger partial charge in [0.15, 0.2) is 5.82 Å². The van der Waals surface area contributed by atoms with Crippen molar-refractivity contribution in [1.29, 1.82) is 0 Å². The molecule has 0 aromatic carbocycles. The largest absolute Gasteiger partial charge is 0.365 e. The van der Waals surface area contributed by atoms with Gasteiger partial charge in [0.2, 0.25) is 0 Å². The molecule has 2 fully saturated rings. The number of aromatic nitrogens is 4. The van der Waals surface area contributed by atoms with Gasteiger partial charge >= 0.3 is 0 Å². The molecule has 2 aliphatic rings. The Balaban J connectivity index is 1.44. The van der Waals surface area contributed by atoms with Crippen LogP contribution in [0.5, 0.6) is 0 Å². The molecule has 23 heavy (non-hydrogen) atoms. The number of piperidine rings is 1. The Bertz CT molecular complexity index is 702. The highest BCUT2D eigenvalue weighted by Crippen LogP contribution is 2.40. The Morgan fingerprint density at radius 2 is 2.35 bits per heavy atom. The average molecular weight is 313 g/mol. The number of carbonyl (C=O) groups excluding carboxylic acids is 1. The van der Waals surface area contributed by atoms with Gasteiger partial charge in [-0.1, -0.05) is 6.07 Å². The van der Waals surface area contributed by atoms with Gasteiger partial charge in [0.1, 0.15) is 17.6 Å². The minimum atomic E-state index is -0.0696. The van der Waals surface area contributed by atoms with Crippen molar-refractivity contribution in [1.82, 2.24) is 25.1 Å². The fourth-order valence-electron chi connectivity index (χ4n) is 3.44. The van der Waals surface area contributed by atoms with Crippen LogP contribution >= 0.6 is 0 Å². The standard InChI is InChI=1S/C16H19N5O2/c1-10-18-15(20-19-10)13-8-11-5-7-21(9-14(11)23-13)16(22)12-4-2-3-6-17-12/h2-4,6,11,13-14H,5,7-9H2,1H3,(H,18,19,20)/t11-,13+,14+/m0/s1. The maximum atomic E-state index is 12.5. The van der Waals surface area contributed by atoms with Gasteiger partial charge in [0, 0.05) is 19.3 Å². The number of aromatic amines is 1.